The lowest BCUT2D eigenvalue weighted by molar-refractivity contribution is 0.548. The first kappa shape index (κ1) is 16.4. The number of hydrogen-bond donors (Lipinski definition) is 1. The topological polar surface area (TPSA) is 75.8 Å². The van der Waals surface area contributed by atoms with Gasteiger partial charge < -0.3 is 10.2 Å². The molecule has 4 nitrogen and oxygen atoms in total. The van der Waals surface area contributed by atoms with Gasteiger partial charge in [-0.15, -0.1) is 0 Å². The predicted molar refractivity (Wildman–Crippen MR) is 96.0 cm³/mol. The standard InChI is InChI=1S/C18H13Cl2N3O/c1-9-3-6-15(24-9)16-10(2)17(23-18(22)13(16)8-21)12-5-4-11(19)7-14(12)20/h3-7H,1-2H3,(H2,22,23). The Kier molecular flexibility index (Phi) is 4.23. The fourth-order valence-corrected chi connectivity index (χ4v) is 3.13. The summed E-state index contributed by atoms with van der Waals surface area (Å²) in [7, 11) is 0. The van der Waals surface area contributed by atoms with E-state index in [1.54, 1.807) is 18.2 Å². The minimum absolute atomic E-state index is 0.133. The van der Waals surface area contributed by atoms with Gasteiger partial charge in [0.15, 0.2) is 0 Å². The van der Waals surface area contributed by atoms with Crippen LogP contribution in [0.1, 0.15) is 16.9 Å². The number of pyridine rings is 1. The van der Waals surface area contributed by atoms with Crippen molar-refractivity contribution in [3.63, 3.8) is 0 Å². The van der Waals surface area contributed by atoms with Gasteiger partial charge in [-0.2, -0.15) is 5.26 Å². The molecule has 2 aromatic heterocycles. The number of aryl methyl sites for hydroxylation is 1. The molecule has 3 aromatic rings. The first-order valence-electron chi connectivity index (χ1n) is 7.14. The highest BCUT2D eigenvalue weighted by atomic mass is 35.5. The number of benzene rings is 1. The zero-order chi connectivity index (χ0) is 17.4. The quantitative estimate of drug-likeness (QED) is 0.667. The molecule has 0 spiro atoms. The van der Waals surface area contributed by atoms with E-state index in [1.807, 2.05) is 26.0 Å². The van der Waals surface area contributed by atoms with Crippen molar-refractivity contribution in [2.24, 2.45) is 0 Å². The van der Waals surface area contributed by atoms with Crippen molar-refractivity contribution in [2.75, 3.05) is 5.73 Å². The highest BCUT2D eigenvalue weighted by molar-refractivity contribution is 6.36. The SMILES string of the molecule is Cc1ccc(-c2c(C)c(-c3ccc(Cl)cc3Cl)nc(N)c2C#N)o1. The number of rotatable bonds is 2. The highest BCUT2D eigenvalue weighted by Crippen LogP contribution is 2.39. The summed E-state index contributed by atoms with van der Waals surface area (Å²) in [6, 6.07) is 10.9. The number of hydrogen-bond acceptors (Lipinski definition) is 4. The summed E-state index contributed by atoms with van der Waals surface area (Å²) in [5.41, 5.74) is 8.98. The van der Waals surface area contributed by atoms with Crippen molar-refractivity contribution in [1.29, 1.82) is 5.26 Å². The average Bonchev–Trinajstić information content (AvgIpc) is 2.95. The number of nitriles is 1. The van der Waals surface area contributed by atoms with Crippen molar-refractivity contribution in [3.8, 4) is 28.7 Å². The molecule has 2 heterocycles. The Labute approximate surface area is 149 Å². The van der Waals surface area contributed by atoms with Gasteiger partial charge in [0.1, 0.15) is 29.0 Å². The van der Waals surface area contributed by atoms with E-state index >= 15 is 0 Å². The third kappa shape index (κ3) is 2.73. The van der Waals surface area contributed by atoms with E-state index in [4.69, 9.17) is 33.4 Å². The summed E-state index contributed by atoms with van der Waals surface area (Å²) in [6.45, 7) is 3.70. The van der Waals surface area contributed by atoms with Crippen molar-refractivity contribution >= 4 is 29.0 Å². The molecule has 24 heavy (non-hydrogen) atoms. The van der Waals surface area contributed by atoms with Crippen molar-refractivity contribution in [1.82, 2.24) is 4.98 Å². The normalized spacial score (nSPS) is 10.6. The van der Waals surface area contributed by atoms with E-state index in [0.717, 1.165) is 11.3 Å². The van der Waals surface area contributed by atoms with Gasteiger partial charge in [0.2, 0.25) is 0 Å². The van der Waals surface area contributed by atoms with Gasteiger partial charge in [0.05, 0.1) is 10.7 Å². The van der Waals surface area contributed by atoms with Crippen LogP contribution in [0.2, 0.25) is 10.0 Å². The molecule has 0 atom stereocenters. The monoisotopic (exact) mass is 357 g/mol. The number of nitrogens with two attached hydrogens (primary N) is 1. The first-order chi connectivity index (χ1) is 11.4. The van der Waals surface area contributed by atoms with E-state index in [9.17, 15) is 5.26 Å². The number of furan rings is 1. The van der Waals surface area contributed by atoms with E-state index < -0.39 is 0 Å². The van der Waals surface area contributed by atoms with Crippen LogP contribution in [0.5, 0.6) is 0 Å². The van der Waals surface area contributed by atoms with Crippen LogP contribution in [0, 0.1) is 25.2 Å². The fourth-order valence-electron chi connectivity index (χ4n) is 2.63. The van der Waals surface area contributed by atoms with Crippen LogP contribution in [0.15, 0.2) is 34.7 Å². The number of aromatic nitrogens is 1. The van der Waals surface area contributed by atoms with E-state index in [-0.39, 0.29) is 11.4 Å². The second-order valence-electron chi connectivity index (χ2n) is 5.37. The van der Waals surface area contributed by atoms with Crippen LogP contribution in [-0.2, 0) is 0 Å². The van der Waals surface area contributed by atoms with Crippen molar-refractivity contribution in [2.45, 2.75) is 13.8 Å². The molecule has 0 saturated carbocycles. The van der Waals surface area contributed by atoms with Gasteiger partial charge in [0.25, 0.3) is 0 Å². The molecule has 0 unspecified atom stereocenters. The molecular weight excluding hydrogens is 345 g/mol. The maximum absolute atomic E-state index is 9.49. The van der Waals surface area contributed by atoms with Gasteiger partial charge in [-0.05, 0) is 49.7 Å². The Hall–Kier alpha value is -2.48. The molecule has 0 aliphatic carbocycles. The molecule has 0 aliphatic rings. The molecule has 0 fully saturated rings. The maximum atomic E-state index is 9.49. The van der Waals surface area contributed by atoms with Crippen LogP contribution in [0.25, 0.3) is 22.6 Å². The number of nitrogens with zero attached hydrogens (tertiary/aromatic N) is 2. The Morgan fingerprint density at radius 1 is 1.17 bits per heavy atom. The predicted octanol–water partition coefficient (Wildman–Crippen LogP) is 5.39. The molecule has 1 aromatic carbocycles. The lowest BCUT2D eigenvalue weighted by Gasteiger charge is -2.14. The molecule has 0 saturated heterocycles. The van der Waals surface area contributed by atoms with E-state index in [0.29, 0.717) is 32.6 Å². The Balaban J connectivity index is 2.34. The van der Waals surface area contributed by atoms with Crippen molar-refractivity contribution < 1.29 is 4.42 Å². The average molecular weight is 358 g/mol. The van der Waals surface area contributed by atoms with Gasteiger partial charge in [0, 0.05) is 16.1 Å². The van der Waals surface area contributed by atoms with Crippen LogP contribution < -0.4 is 5.73 Å². The second kappa shape index (κ2) is 6.20. The zero-order valence-corrected chi connectivity index (χ0v) is 14.5. The van der Waals surface area contributed by atoms with Crippen LogP contribution >= 0.6 is 23.2 Å². The summed E-state index contributed by atoms with van der Waals surface area (Å²) >= 11 is 12.3. The Morgan fingerprint density at radius 2 is 1.92 bits per heavy atom. The maximum Gasteiger partial charge on any atom is 0.142 e. The van der Waals surface area contributed by atoms with Gasteiger partial charge in [-0.1, -0.05) is 23.2 Å². The summed E-state index contributed by atoms with van der Waals surface area (Å²) in [5.74, 6) is 1.45. The van der Waals surface area contributed by atoms with Gasteiger partial charge in [-0.3, -0.25) is 0 Å². The highest BCUT2D eigenvalue weighted by Gasteiger charge is 2.21. The molecule has 0 aliphatic heterocycles. The Bertz CT molecular complexity index is 987. The molecule has 0 amide bonds. The Morgan fingerprint density at radius 3 is 2.50 bits per heavy atom. The third-order valence-electron chi connectivity index (χ3n) is 3.75. The summed E-state index contributed by atoms with van der Waals surface area (Å²) in [5, 5.41) is 10.5. The van der Waals surface area contributed by atoms with E-state index in [1.165, 1.54) is 0 Å². The minimum atomic E-state index is 0.133. The molecule has 0 radical (unpaired) electrons. The smallest absolute Gasteiger partial charge is 0.142 e. The number of halogens is 2. The third-order valence-corrected chi connectivity index (χ3v) is 4.30. The number of nitrogen functional groups attached to an aromatic ring is 1. The van der Waals surface area contributed by atoms with Crippen LogP contribution in [0.3, 0.4) is 0 Å². The molecule has 120 valence electrons. The fraction of sp³-hybridized carbons (Fsp3) is 0.111. The van der Waals surface area contributed by atoms with Crippen LogP contribution in [0.4, 0.5) is 5.82 Å². The first-order valence-corrected chi connectivity index (χ1v) is 7.90. The molecule has 2 N–H and O–H groups in total. The summed E-state index contributed by atoms with van der Waals surface area (Å²) in [6.07, 6.45) is 0. The number of anilines is 1. The van der Waals surface area contributed by atoms with Gasteiger partial charge in [-0.25, -0.2) is 4.98 Å². The van der Waals surface area contributed by atoms with E-state index in [2.05, 4.69) is 11.1 Å². The molecule has 3 rings (SSSR count). The largest absolute Gasteiger partial charge is 0.461 e. The second-order valence-corrected chi connectivity index (χ2v) is 6.21. The zero-order valence-electron chi connectivity index (χ0n) is 13.0. The molecular formula is C18H13Cl2N3O. The molecule has 0 bridgehead atoms. The lowest BCUT2D eigenvalue weighted by atomic mass is 9.96. The summed E-state index contributed by atoms with van der Waals surface area (Å²) in [4.78, 5) is 4.38. The van der Waals surface area contributed by atoms with Crippen LogP contribution in [-0.4, -0.2) is 4.98 Å². The lowest BCUT2D eigenvalue weighted by Crippen LogP contribution is -2.03. The summed E-state index contributed by atoms with van der Waals surface area (Å²) < 4.78 is 5.70. The minimum Gasteiger partial charge on any atom is -0.461 e. The molecule has 6 heteroatoms. The van der Waals surface area contributed by atoms with Crippen molar-refractivity contribution in [3.05, 3.63) is 57.3 Å². The van der Waals surface area contributed by atoms with Gasteiger partial charge >= 0.3 is 0 Å².